The normalized spacial score (nSPS) is 13.6. The van der Waals surface area contributed by atoms with Gasteiger partial charge in [-0.05, 0) is 28.2 Å². The highest BCUT2D eigenvalue weighted by Gasteiger charge is 2.27. The summed E-state index contributed by atoms with van der Waals surface area (Å²) < 4.78 is 0. The topological polar surface area (TPSA) is 48.9 Å². The molecule has 2 aromatic carbocycles. The van der Waals surface area contributed by atoms with Gasteiger partial charge < -0.3 is 10.1 Å². The van der Waals surface area contributed by atoms with Crippen molar-refractivity contribution in [1.82, 2.24) is 9.97 Å². The second-order valence-electron chi connectivity index (χ2n) is 9.49. The molecule has 146 valence electrons. The van der Waals surface area contributed by atoms with Gasteiger partial charge in [0.05, 0.1) is 10.7 Å². The van der Waals surface area contributed by atoms with Gasteiger partial charge in [0, 0.05) is 21.9 Å². The summed E-state index contributed by atoms with van der Waals surface area (Å²) >= 11 is 0. The minimum atomic E-state index is -0.192. The van der Waals surface area contributed by atoms with Gasteiger partial charge in [-0.25, -0.2) is 4.98 Å². The van der Waals surface area contributed by atoms with Crippen LogP contribution in [0.2, 0.25) is 0 Å². The first-order valence-corrected chi connectivity index (χ1v) is 9.61. The Labute approximate surface area is 166 Å². The lowest BCUT2D eigenvalue weighted by molar-refractivity contribution is 0.423. The van der Waals surface area contributed by atoms with Crippen molar-refractivity contribution in [2.75, 3.05) is 0 Å². The van der Waals surface area contributed by atoms with Crippen LogP contribution >= 0.6 is 0 Å². The number of nitrogens with zero attached hydrogens (tertiary/aromatic N) is 1. The molecule has 3 heteroatoms. The summed E-state index contributed by atoms with van der Waals surface area (Å²) in [6.07, 6.45) is 0. The van der Waals surface area contributed by atoms with Gasteiger partial charge in [-0.15, -0.1) is 0 Å². The van der Waals surface area contributed by atoms with Crippen LogP contribution in [0.25, 0.3) is 24.5 Å². The Bertz CT molecular complexity index is 1190. The van der Waals surface area contributed by atoms with Gasteiger partial charge in [0.2, 0.25) is 0 Å². The fourth-order valence-electron chi connectivity index (χ4n) is 3.43. The van der Waals surface area contributed by atoms with E-state index in [-0.39, 0.29) is 10.8 Å². The molecular weight excluding hydrogens is 344 g/mol. The third kappa shape index (κ3) is 3.62. The number of phenols is 1. The Morgan fingerprint density at radius 2 is 1.43 bits per heavy atom. The highest BCUT2D eigenvalue weighted by molar-refractivity contribution is 5.64. The monoisotopic (exact) mass is 374 g/mol. The molecule has 0 atom stereocenters. The predicted molar refractivity (Wildman–Crippen MR) is 117 cm³/mol. The lowest BCUT2D eigenvalue weighted by Crippen LogP contribution is -2.17. The van der Waals surface area contributed by atoms with E-state index in [2.05, 4.69) is 59.7 Å². The number of nitrogens with one attached hydrogen (secondary N) is 1. The van der Waals surface area contributed by atoms with E-state index in [9.17, 15) is 5.11 Å². The standard InChI is InChI=1S/C25H30N2O/c1-15-11-9-10-12-18(15)21-16(2)26-23(27-21)17-13-19(24(3,4)5)22(28)20(14-17)25(6,7)8/h9-14,28H,1-2H2,3-8H3,(H,26,27)/b21-18-. The number of aromatic nitrogens is 2. The number of H-pyrrole nitrogens is 1. The predicted octanol–water partition coefficient (Wildman–Crippen LogP) is 4.48. The molecule has 0 bridgehead atoms. The second-order valence-corrected chi connectivity index (χ2v) is 9.49. The molecule has 3 nitrogen and oxygen atoms in total. The van der Waals surface area contributed by atoms with E-state index in [1.165, 1.54) is 0 Å². The molecule has 0 saturated carbocycles. The number of hydrogen-bond acceptors (Lipinski definition) is 2. The molecule has 0 fully saturated rings. The second kappa shape index (κ2) is 6.66. The molecule has 28 heavy (non-hydrogen) atoms. The molecule has 0 aliphatic rings. The first-order valence-electron chi connectivity index (χ1n) is 9.61. The van der Waals surface area contributed by atoms with E-state index in [4.69, 9.17) is 4.98 Å². The molecular formula is C25H30N2O. The van der Waals surface area contributed by atoms with Crippen LogP contribution in [-0.2, 0) is 10.8 Å². The fraction of sp³-hybridized carbons (Fsp3) is 0.320. The lowest BCUT2D eigenvalue weighted by Gasteiger charge is -2.28. The van der Waals surface area contributed by atoms with Gasteiger partial charge in [-0.2, -0.15) is 0 Å². The van der Waals surface area contributed by atoms with Gasteiger partial charge in [-0.3, -0.25) is 0 Å². The highest BCUT2D eigenvalue weighted by Crippen LogP contribution is 2.41. The van der Waals surface area contributed by atoms with Crippen LogP contribution in [-0.4, -0.2) is 15.1 Å². The van der Waals surface area contributed by atoms with Crippen LogP contribution in [0.5, 0.6) is 5.75 Å². The smallest absolute Gasteiger partial charge is 0.138 e. The van der Waals surface area contributed by atoms with Gasteiger partial charge in [0.25, 0.3) is 0 Å². The maximum absolute atomic E-state index is 11.0. The number of aromatic hydroxyl groups is 1. The summed E-state index contributed by atoms with van der Waals surface area (Å²) in [6, 6.07) is 12.0. The van der Waals surface area contributed by atoms with Gasteiger partial charge in [-0.1, -0.05) is 79.0 Å². The highest BCUT2D eigenvalue weighted by atomic mass is 16.3. The first kappa shape index (κ1) is 19.9. The van der Waals surface area contributed by atoms with E-state index in [0.717, 1.165) is 43.7 Å². The number of imidazole rings is 1. The van der Waals surface area contributed by atoms with E-state index in [0.29, 0.717) is 5.75 Å². The molecule has 0 aliphatic heterocycles. The van der Waals surface area contributed by atoms with E-state index < -0.39 is 0 Å². The fourth-order valence-corrected chi connectivity index (χ4v) is 3.43. The van der Waals surface area contributed by atoms with E-state index >= 15 is 0 Å². The molecule has 3 aromatic rings. The maximum Gasteiger partial charge on any atom is 0.138 e. The summed E-state index contributed by atoms with van der Waals surface area (Å²) in [6.45, 7) is 20.9. The Kier molecular flexibility index (Phi) is 4.74. The summed E-state index contributed by atoms with van der Waals surface area (Å²) in [7, 11) is 0. The van der Waals surface area contributed by atoms with Crippen molar-refractivity contribution < 1.29 is 5.11 Å². The SMILES string of the molecule is C=c1cccc/c1=c1/nc(-c2cc(C(C)(C)C)c(O)c(C(C)(C)C)c2)[nH]c1=C. The zero-order valence-electron chi connectivity index (χ0n) is 17.8. The van der Waals surface area contributed by atoms with Crippen LogP contribution in [0, 0.1) is 10.6 Å². The number of rotatable bonds is 1. The minimum Gasteiger partial charge on any atom is -0.507 e. The van der Waals surface area contributed by atoms with Crippen molar-refractivity contribution in [3.63, 3.8) is 0 Å². The van der Waals surface area contributed by atoms with Gasteiger partial charge >= 0.3 is 0 Å². The molecule has 0 amide bonds. The van der Waals surface area contributed by atoms with E-state index in [1.807, 2.05) is 36.4 Å². The average molecular weight is 375 g/mol. The molecule has 1 aromatic heterocycles. The van der Waals surface area contributed by atoms with Crippen molar-refractivity contribution in [2.45, 2.75) is 52.4 Å². The van der Waals surface area contributed by atoms with Crippen molar-refractivity contribution >= 4 is 13.2 Å². The summed E-state index contributed by atoms with van der Waals surface area (Å²) in [4.78, 5) is 8.18. The quantitative estimate of drug-likeness (QED) is 0.659. The Balaban J connectivity index is 2.37. The van der Waals surface area contributed by atoms with Crippen LogP contribution in [0.3, 0.4) is 0 Å². The van der Waals surface area contributed by atoms with Crippen molar-refractivity contribution in [3.05, 3.63) is 68.7 Å². The summed E-state index contributed by atoms with van der Waals surface area (Å²) in [5, 5.41) is 14.4. The van der Waals surface area contributed by atoms with E-state index in [1.54, 1.807) is 0 Å². The molecule has 2 N–H and O–H groups in total. The Hall–Kier alpha value is -2.81. The third-order valence-electron chi connectivity index (χ3n) is 5.05. The minimum absolute atomic E-state index is 0.192. The third-order valence-corrected chi connectivity index (χ3v) is 5.05. The molecule has 0 unspecified atom stereocenters. The number of benzene rings is 2. The largest absolute Gasteiger partial charge is 0.507 e. The number of hydrogen-bond donors (Lipinski definition) is 2. The molecule has 0 aliphatic carbocycles. The zero-order chi connectivity index (χ0) is 20.9. The number of aromatic amines is 1. The van der Waals surface area contributed by atoms with Crippen LogP contribution in [0.15, 0.2) is 36.4 Å². The Morgan fingerprint density at radius 1 is 0.893 bits per heavy atom. The average Bonchev–Trinajstić information content (AvgIpc) is 2.95. The van der Waals surface area contributed by atoms with Crippen LogP contribution in [0.4, 0.5) is 0 Å². The van der Waals surface area contributed by atoms with Gasteiger partial charge in [0.1, 0.15) is 11.6 Å². The maximum atomic E-state index is 11.0. The summed E-state index contributed by atoms with van der Waals surface area (Å²) in [5.41, 5.74) is 2.39. The number of phenolic OH excluding ortho intramolecular Hbond substituents is 1. The van der Waals surface area contributed by atoms with Crippen molar-refractivity contribution in [2.24, 2.45) is 0 Å². The first-order chi connectivity index (χ1) is 12.9. The zero-order valence-corrected chi connectivity index (χ0v) is 17.8. The van der Waals surface area contributed by atoms with Crippen molar-refractivity contribution in [3.8, 4) is 17.1 Å². The molecule has 0 radical (unpaired) electrons. The van der Waals surface area contributed by atoms with Gasteiger partial charge in [0.15, 0.2) is 0 Å². The molecule has 0 spiro atoms. The van der Waals surface area contributed by atoms with Crippen LogP contribution in [0.1, 0.15) is 52.7 Å². The van der Waals surface area contributed by atoms with Crippen molar-refractivity contribution in [1.29, 1.82) is 0 Å². The lowest BCUT2D eigenvalue weighted by atomic mass is 9.78. The molecule has 1 heterocycles. The molecule has 3 rings (SSSR count). The Morgan fingerprint density at radius 3 is 1.93 bits per heavy atom. The molecule has 0 saturated heterocycles. The van der Waals surface area contributed by atoms with Crippen LogP contribution < -0.4 is 10.6 Å². The summed E-state index contributed by atoms with van der Waals surface area (Å²) in [5.74, 6) is 1.12.